The van der Waals surface area contributed by atoms with Crippen molar-refractivity contribution in [1.82, 2.24) is 10.2 Å². The number of phenolic OH excluding ortho intramolecular Hbond substituents is 3. The summed E-state index contributed by atoms with van der Waals surface area (Å²) in [5.74, 6) is -1.01. The van der Waals surface area contributed by atoms with Gasteiger partial charge in [0.25, 0.3) is 0 Å². The largest absolute Gasteiger partial charge is 0.504 e. The number of rotatable bonds is 6. The van der Waals surface area contributed by atoms with Gasteiger partial charge in [0, 0.05) is 31.2 Å². The third-order valence-corrected chi connectivity index (χ3v) is 3.34. The van der Waals surface area contributed by atoms with E-state index in [1.54, 1.807) is 6.07 Å². The van der Waals surface area contributed by atoms with Gasteiger partial charge in [0.05, 0.1) is 0 Å². The van der Waals surface area contributed by atoms with Gasteiger partial charge in [-0.3, -0.25) is 0 Å². The number of phenols is 3. The van der Waals surface area contributed by atoms with Crippen LogP contribution >= 0.6 is 0 Å². The highest BCUT2D eigenvalue weighted by Gasteiger charge is 2.25. The number of hydrogen-bond donors (Lipinski definition) is 4. The first-order chi connectivity index (χ1) is 8.59. The standard InChI is InChI=1S/C13H20N2O3/c1-15(10-3-4-10)7-6-14-8-9-2-5-11(16)13(18)12(9)17/h2,5,10,14,16-18H,3-4,6-8H2,1H3. The minimum Gasteiger partial charge on any atom is -0.504 e. The molecular weight excluding hydrogens is 232 g/mol. The first-order valence-electron chi connectivity index (χ1n) is 6.23. The summed E-state index contributed by atoms with van der Waals surface area (Å²) in [5, 5.41) is 31.4. The van der Waals surface area contributed by atoms with Gasteiger partial charge in [-0.05, 0) is 26.0 Å². The zero-order chi connectivity index (χ0) is 13.1. The molecule has 1 aliphatic carbocycles. The Bertz CT molecular complexity index is 419. The molecule has 4 N–H and O–H groups in total. The molecule has 100 valence electrons. The van der Waals surface area contributed by atoms with Gasteiger partial charge in [0.1, 0.15) is 0 Å². The number of nitrogens with zero attached hydrogens (tertiary/aromatic N) is 1. The fourth-order valence-electron chi connectivity index (χ4n) is 1.93. The Balaban J connectivity index is 1.77. The highest BCUT2D eigenvalue weighted by atomic mass is 16.3. The topological polar surface area (TPSA) is 76.0 Å². The van der Waals surface area contributed by atoms with Crippen molar-refractivity contribution in [2.75, 3.05) is 20.1 Å². The number of likely N-dealkylation sites (N-methyl/N-ethyl adjacent to an activating group) is 1. The van der Waals surface area contributed by atoms with Gasteiger partial charge in [-0.2, -0.15) is 0 Å². The van der Waals surface area contributed by atoms with Crippen molar-refractivity contribution in [3.8, 4) is 17.2 Å². The molecule has 1 aromatic carbocycles. The Kier molecular flexibility index (Phi) is 3.93. The lowest BCUT2D eigenvalue weighted by Gasteiger charge is -2.16. The second-order valence-electron chi connectivity index (χ2n) is 4.83. The molecule has 0 atom stereocenters. The van der Waals surface area contributed by atoms with E-state index in [0.717, 1.165) is 19.1 Å². The Labute approximate surface area is 107 Å². The molecular formula is C13H20N2O3. The molecule has 5 heteroatoms. The van der Waals surface area contributed by atoms with Crippen LogP contribution in [-0.2, 0) is 6.54 Å². The van der Waals surface area contributed by atoms with Gasteiger partial charge in [-0.1, -0.05) is 6.07 Å². The summed E-state index contributed by atoms with van der Waals surface area (Å²) in [5.41, 5.74) is 0.583. The first-order valence-corrected chi connectivity index (χ1v) is 6.23. The average molecular weight is 252 g/mol. The van der Waals surface area contributed by atoms with Crippen LogP contribution in [0.15, 0.2) is 12.1 Å². The zero-order valence-corrected chi connectivity index (χ0v) is 10.6. The molecule has 0 bridgehead atoms. The van der Waals surface area contributed by atoms with E-state index in [-0.39, 0.29) is 11.5 Å². The summed E-state index contributed by atoms with van der Waals surface area (Å²) in [6, 6.07) is 3.72. The van der Waals surface area contributed by atoms with E-state index in [9.17, 15) is 15.3 Å². The summed E-state index contributed by atoms with van der Waals surface area (Å²) in [4.78, 5) is 2.32. The maximum atomic E-state index is 9.62. The van der Waals surface area contributed by atoms with E-state index in [1.165, 1.54) is 18.9 Å². The Morgan fingerprint density at radius 2 is 1.94 bits per heavy atom. The van der Waals surface area contributed by atoms with Crippen molar-refractivity contribution < 1.29 is 15.3 Å². The van der Waals surface area contributed by atoms with Crippen molar-refractivity contribution in [2.24, 2.45) is 0 Å². The van der Waals surface area contributed by atoms with Crippen LogP contribution in [0.5, 0.6) is 17.2 Å². The second-order valence-corrected chi connectivity index (χ2v) is 4.83. The fourth-order valence-corrected chi connectivity index (χ4v) is 1.93. The molecule has 0 unspecified atom stereocenters. The maximum absolute atomic E-state index is 9.62. The third-order valence-electron chi connectivity index (χ3n) is 3.34. The Morgan fingerprint density at radius 3 is 2.61 bits per heavy atom. The van der Waals surface area contributed by atoms with Gasteiger partial charge >= 0.3 is 0 Å². The van der Waals surface area contributed by atoms with Gasteiger partial charge in [-0.15, -0.1) is 0 Å². The molecule has 2 rings (SSSR count). The van der Waals surface area contributed by atoms with Crippen molar-refractivity contribution in [1.29, 1.82) is 0 Å². The molecule has 1 aromatic rings. The van der Waals surface area contributed by atoms with Crippen LogP contribution in [0.25, 0.3) is 0 Å². The average Bonchev–Trinajstić information content (AvgIpc) is 3.18. The highest BCUT2D eigenvalue weighted by molar-refractivity contribution is 5.52. The minimum atomic E-state index is -0.454. The highest BCUT2D eigenvalue weighted by Crippen LogP contribution is 2.36. The van der Waals surface area contributed by atoms with Crippen molar-refractivity contribution in [3.05, 3.63) is 17.7 Å². The third kappa shape index (κ3) is 3.05. The van der Waals surface area contributed by atoms with Crippen molar-refractivity contribution in [3.63, 3.8) is 0 Å². The quantitative estimate of drug-likeness (QED) is 0.449. The number of benzene rings is 1. The van der Waals surface area contributed by atoms with Crippen LogP contribution in [-0.4, -0.2) is 46.4 Å². The molecule has 1 aliphatic rings. The summed E-state index contributed by atoms with van der Waals surface area (Å²) in [6.07, 6.45) is 2.59. The normalized spacial score (nSPS) is 15.2. The molecule has 0 amide bonds. The number of hydrogen-bond acceptors (Lipinski definition) is 5. The predicted molar refractivity (Wildman–Crippen MR) is 68.8 cm³/mol. The van der Waals surface area contributed by atoms with Crippen LogP contribution in [0.3, 0.4) is 0 Å². The molecule has 5 nitrogen and oxygen atoms in total. The van der Waals surface area contributed by atoms with E-state index < -0.39 is 5.75 Å². The first kappa shape index (κ1) is 13.0. The van der Waals surface area contributed by atoms with E-state index in [0.29, 0.717) is 12.1 Å². The summed E-state index contributed by atoms with van der Waals surface area (Å²) in [6.45, 7) is 2.27. The molecule has 1 saturated carbocycles. The van der Waals surface area contributed by atoms with Crippen molar-refractivity contribution >= 4 is 0 Å². The lowest BCUT2D eigenvalue weighted by Crippen LogP contribution is -2.30. The SMILES string of the molecule is CN(CCNCc1ccc(O)c(O)c1O)C1CC1. The smallest absolute Gasteiger partial charge is 0.200 e. The monoisotopic (exact) mass is 252 g/mol. The molecule has 0 aliphatic heterocycles. The van der Waals surface area contributed by atoms with E-state index >= 15 is 0 Å². The van der Waals surface area contributed by atoms with E-state index in [2.05, 4.69) is 17.3 Å². The van der Waals surface area contributed by atoms with Crippen LogP contribution in [0, 0.1) is 0 Å². The van der Waals surface area contributed by atoms with E-state index in [4.69, 9.17) is 0 Å². The van der Waals surface area contributed by atoms with Gasteiger partial charge in [-0.25, -0.2) is 0 Å². The molecule has 0 saturated heterocycles. The lowest BCUT2D eigenvalue weighted by atomic mass is 10.1. The zero-order valence-electron chi connectivity index (χ0n) is 10.6. The second kappa shape index (κ2) is 5.46. The van der Waals surface area contributed by atoms with Crippen LogP contribution in [0.1, 0.15) is 18.4 Å². The van der Waals surface area contributed by atoms with Gasteiger partial charge in [0.2, 0.25) is 5.75 Å². The van der Waals surface area contributed by atoms with Crippen LogP contribution in [0.4, 0.5) is 0 Å². The number of nitrogens with one attached hydrogen (secondary N) is 1. The maximum Gasteiger partial charge on any atom is 0.200 e. The fraction of sp³-hybridized carbons (Fsp3) is 0.538. The summed E-state index contributed by atoms with van der Waals surface area (Å²) < 4.78 is 0. The van der Waals surface area contributed by atoms with Gasteiger partial charge in [0.15, 0.2) is 11.5 Å². The van der Waals surface area contributed by atoms with Crippen LogP contribution in [0.2, 0.25) is 0 Å². The molecule has 0 radical (unpaired) electrons. The molecule has 0 aromatic heterocycles. The lowest BCUT2D eigenvalue weighted by molar-refractivity contribution is 0.320. The molecule has 1 fully saturated rings. The predicted octanol–water partition coefficient (Wildman–Crippen LogP) is 0.987. The summed E-state index contributed by atoms with van der Waals surface area (Å²) in [7, 11) is 2.11. The molecule has 18 heavy (non-hydrogen) atoms. The summed E-state index contributed by atoms with van der Waals surface area (Å²) >= 11 is 0. The number of aromatic hydroxyl groups is 3. The molecule has 0 spiro atoms. The Hall–Kier alpha value is -1.46. The van der Waals surface area contributed by atoms with E-state index in [1.807, 2.05) is 0 Å². The Morgan fingerprint density at radius 1 is 1.22 bits per heavy atom. The van der Waals surface area contributed by atoms with Gasteiger partial charge < -0.3 is 25.5 Å². The van der Waals surface area contributed by atoms with Crippen LogP contribution < -0.4 is 5.32 Å². The minimum absolute atomic E-state index is 0.252. The van der Waals surface area contributed by atoms with Crippen molar-refractivity contribution in [2.45, 2.75) is 25.4 Å². The molecule has 0 heterocycles.